The number of ether oxygens (including phenoxy) is 2. The first-order valence-electron chi connectivity index (χ1n) is 13.0. The van der Waals surface area contributed by atoms with Gasteiger partial charge in [0.1, 0.15) is 0 Å². The molecule has 0 spiro atoms. The molecule has 40 heavy (non-hydrogen) atoms. The van der Waals surface area contributed by atoms with Gasteiger partial charge in [0.2, 0.25) is 0 Å². The Morgan fingerprint density at radius 2 is 1.32 bits per heavy atom. The van der Waals surface area contributed by atoms with E-state index in [1.165, 1.54) is 11.8 Å². The van der Waals surface area contributed by atoms with Gasteiger partial charge in [-0.1, -0.05) is 48.5 Å². The Morgan fingerprint density at radius 3 is 1.85 bits per heavy atom. The molecule has 2 aromatic rings. The highest BCUT2D eigenvalue weighted by Crippen LogP contribution is 2.73. The standard InChI is InChI=1S/C31H31F4N2O2S/c1-18-21-22-23(30(38-6,39-7)31(34,35)29(22,32)33)25-27(2,28(21,3)40-24(18)19-14-10-8-11-15-19)37(5)26(36(25)4)20-16-12-9-13-17-20/h8-17H,1-7H3/q+1. The molecule has 0 N–H and O–H groups in total. The third kappa shape index (κ3) is 2.79. The quantitative estimate of drug-likeness (QED) is 0.236. The summed E-state index contributed by atoms with van der Waals surface area (Å²) in [5, 5.41) is 0. The topological polar surface area (TPSA) is 24.7 Å². The first-order chi connectivity index (χ1) is 18.8. The van der Waals surface area contributed by atoms with Crippen molar-refractivity contribution in [2.24, 2.45) is 0 Å². The van der Waals surface area contributed by atoms with Crippen molar-refractivity contribution in [1.82, 2.24) is 4.90 Å². The van der Waals surface area contributed by atoms with Crippen LogP contribution in [0.3, 0.4) is 0 Å². The fourth-order valence-corrected chi connectivity index (χ4v) is 9.05. The van der Waals surface area contributed by atoms with E-state index in [1.807, 2.05) is 86.1 Å². The molecule has 6 rings (SSSR count). The van der Waals surface area contributed by atoms with Crippen molar-refractivity contribution < 1.29 is 31.6 Å². The van der Waals surface area contributed by atoms with E-state index in [2.05, 4.69) is 0 Å². The van der Waals surface area contributed by atoms with Gasteiger partial charge in [-0.3, -0.25) is 0 Å². The van der Waals surface area contributed by atoms with Crippen LogP contribution in [0.2, 0.25) is 0 Å². The van der Waals surface area contributed by atoms with Crippen LogP contribution in [0.4, 0.5) is 17.6 Å². The second kappa shape index (κ2) is 8.33. The number of amidine groups is 1. The van der Waals surface area contributed by atoms with E-state index in [1.54, 1.807) is 18.9 Å². The number of thioether (sulfide) groups is 1. The number of alkyl halides is 4. The molecule has 0 radical (unpaired) electrons. The normalized spacial score (nSPS) is 29.8. The monoisotopic (exact) mass is 571 g/mol. The van der Waals surface area contributed by atoms with Crippen LogP contribution in [0.5, 0.6) is 0 Å². The van der Waals surface area contributed by atoms with Gasteiger partial charge in [0, 0.05) is 24.7 Å². The Balaban J connectivity index is 1.80. The second-order valence-corrected chi connectivity index (χ2v) is 12.4. The van der Waals surface area contributed by atoms with Crippen molar-refractivity contribution in [2.75, 3.05) is 28.3 Å². The minimum atomic E-state index is -4.68. The molecule has 2 unspecified atom stereocenters. The number of nitrogens with zero attached hydrogens (tertiary/aromatic N) is 2. The highest BCUT2D eigenvalue weighted by molar-refractivity contribution is 8.10. The van der Waals surface area contributed by atoms with Crippen molar-refractivity contribution in [3.05, 3.63) is 99.8 Å². The summed E-state index contributed by atoms with van der Waals surface area (Å²) in [5.74, 6) is -11.5. The number of hydrogen-bond donors (Lipinski definition) is 0. The fraction of sp³-hybridized carbons (Fsp3) is 0.387. The van der Waals surface area contributed by atoms with E-state index in [9.17, 15) is 0 Å². The molecule has 0 bridgehead atoms. The zero-order valence-corrected chi connectivity index (χ0v) is 24.2. The summed E-state index contributed by atoms with van der Waals surface area (Å²) in [6.07, 6.45) is 0. The highest BCUT2D eigenvalue weighted by atomic mass is 32.2. The zero-order valence-electron chi connectivity index (χ0n) is 23.4. The number of fused-ring (bicyclic) bond motifs is 4. The van der Waals surface area contributed by atoms with Crippen molar-refractivity contribution in [2.45, 2.75) is 48.7 Å². The Labute approximate surface area is 235 Å². The molecule has 4 nitrogen and oxygen atoms in total. The maximum Gasteiger partial charge on any atom is 0.371 e. The number of likely N-dealkylation sites (N-methyl/N-ethyl adjacent to an activating group) is 2. The van der Waals surface area contributed by atoms with E-state index in [0.717, 1.165) is 30.3 Å². The summed E-state index contributed by atoms with van der Waals surface area (Å²) in [5.41, 5.74) is 0.670. The number of rotatable bonds is 4. The van der Waals surface area contributed by atoms with Gasteiger partial charge in [-0.2, -0.15) is 17.6 Å². The molecular formula is C31H31F4N2O2S+. The van der Waals surface area contributed by atoms with Gasteiger partial charge < -0.3 is 9.47 Å². The smallest absolute Gasteiger partial charge is 0.344 e. The van der Waals surface area contributed by atoms with Gasteiger partial charge in [0.05, 0.1) is 30.0 Å². The molecule has 0 saturated heterocycles. The summed E-state index contributed by atoms with van der Waals surface area (Å²) in [4.78, 5) is 2.54. The number of allylic oxidation sites excluding steroid dienone is 1. The van der Waals surface area contributed by atoms with Gasteiger partial charge in [0.25, 0.3) is 11.6 Å². The minimum absolute atomic E-state index is 0.202. The Kier molecular flexibility index (Phi) is 5.69. The van der Waals surface area contributed by atoms with Crippen LogP contribution >= 0.6 is 11.8 Å². The molecule has 0 amide bonds. The third-order valence-corrected chi connectivity index (χ3v) is 11.1. The number of benzene rings is 2. The van der Waals surface area contributed by atoms with Crippen LogP contribution in [0.1, 0.15) is 31.9 Å². The summed E-state index contributed by atoms with van der Waals surface area (Å²) in [7, 11) is 5.63. The lowest BCUT2D eigenvalue weighted by Crippen LogP contribution is -2.59. The Morgan fingerprint density at radius 1 is 0.800 bits per heavy atom. The Hall–Kier alpha value is -2.88. The van der Waals surface area contributed by atoms with Crippen LogP contribution in [0.15, 0.2) is 88.7 Å². The molecule has 0 aromatic heterocycles. The summed E-state index contributed by atoms with van der Waals surface area (Å²) in [6.45, 7) is 5.59. The average molecular weight is 572 g/mol. The molecule has 1 fully saturated rings. The summed E-state index contributed by atoms with van der Waals surface area (Å²) >= 11 is 1.45. The maximum atomic E-state index is 16.4. The second-order valence-electron chi connectivity index (χ2n) is 11.0. The lowest BCUT2D eigenvalue weighted by atomic mass is 9.67. The van der Waals surface area contributed by atoms with Gasteiger partial charge >= 0.3 is 11.8 Å². The van der Waals surface area contributed by atoms with E-state index < -0.39 is 33.5 Å². The lowest BCUT2D eigenvalue weighted by molar-refractivity contribution is -0.565. The van der Waals surface area contributed by atoms with Crippen molar-refractivity contribution in [1.29, 1.82) is 0 Å². The molecule has 210 valence electrons. The predicted octanol–water partition coefficient (Wildman–Crippen LogP) is 6.55. The minimum Gasteiger partial charge on any atom is -0.344 e. The number of halogens is 4. The third-order valence-electron chi connectivity index (χ3n) is 9.36. The first kappa shape index (κ1) is 27.3. The summed E-state index contributed by atoms with van der Waals surface area (Å²) < 4.78 is 76.8. The van der Waals surface area contributed by atoms with Gasteiger partial charge in [-0.05, 0) is 49.6 Å². The maximum absolute atomic E-state index is 16.4. The average Bonchev–Trinajstić information content (AvgIpc) is 3.38. The number of methoxy groups -OCH3 is 2. The van der Waals surface area contributed by atoms with E-state index in [-0.39, 0.29) is 11.1 Å². The van der Waals surface area contributed by atoms with Crippen LogP contribution in [-0.2, 0) is 9.47 Å². The van der Waals surface area contributed by atoms with Crippen LogP contribution in [-0.4, -0.2) is 71.5 Å². The number of hydrogen-bond acceptors (Lipinski definition) is 4. The molecule has 4 aliphatic rings. The van der Waals surface area contributed by atoms with Crippen molar-refractivity contribution in [3.8, 4) is 0 Å². The lowest BCUT2D eigenvalue weighted by Gasteiger charge is -2.46. The zero-order chi connectivity index (χ0) is 29.0. The van der Waals surface area contributed by atoms with Gasteiger partial charge in [-0.25, -0.2) is 9.48 Å². The van der Waals surface area contributed by atoms with Gasteiger partial charge in [0.15, 0.2) is 11.2 Å². The molecule has 2 heterocycles. The SMILES string of the molecule is COC1(OC)C2=C3N(C)C(c4ccccc4)=[N+](C)C3(C)C3(C)SC(c4ccccc4)=C(C)C3=C2C(F)(F)C1(F)F. The van der Waals surface area contributed by atoms with Gasteiger partial charge in [-0.15, -0.1) is 11.8 Å². The van der Waals surface area contributed by atoms with E-state index in [4.69, 9.17) is 9.47 Å². The summed E-state index contributed by atoms with van der Waals surface area (Å²) in [6, 6.07) is 19.0. The van der Waals surface area contributed by atoms with E-state index >= 15 is 17.6 Å². The molecule has 2 aromatic carbocycles. The van der Waals surface area contributed by atoms with Crippen LogP contribution in [0, 0.1) is 0 Å². The molecule has 2 aliphatic carbocycles. The molecular weight excluding hydrogens is 540 g/mol. The largest absolute Gasteiger partial charge is 0.371 e. The van der Waals surface area contributed by atoms with Crippen molar-refractivity contribution >= 4 is 22.5 Å². The molecule has 1 saturated carbocycles. The van der Waals surface area contributed by atoms with Crippen LogP contribution < -0.4 is 0 Å². The van der Waals surface area contributed by atoms with Crippen LogP contribution in [0.25, 0.3) is 4.91 Å². The van der Waals surface area contributed by atoms with E-state index in [0.29, 0.717) is 17.1 Å². The molecule has 2 atom stereocenters. The molecule has 9 heteroatoms. The highest BCUT2D eigenvalue weighted by Gasteiger charge is 2.86. The fourth-order valence-electron chi connectivity index (χ4n) is 7.34. The van der Waals surface area contributed by atoms with Crippen molar-refractivity contribution in [3.63, 3.8) is 0 Å². The Bertz CT molecular complexity index is 1560. The predicted molar refractivity (Wildman–Crippen MR) is 149 cm³/mol. The first-order valence-corrected chi connectivity index (χ1v) is 13.8. The molecule has 2 aliphatic heterocycles.